The molecule has 3 rings (SSSR count). The minimum atomic E-state index is -0.210. The van der Waals surface area contributed by atoms with Crippen LogP contribution in [-0.2, 0) is 16.0 Å². The first-order chi connectivity index (χ1) is 12.4. The molecule has 0 fully saturated rings. The van der Waals surface area contributed by atoms with Gasteiger partial charge in [0, 0.05) is 24.8 Å². The van der Waals surface area contributed by atoms with Gasteiger partial charge in [-0.25, -0.2) is 0 Å². The molecule has 0 atom stereocenters. The van der Waals surface area contributed by atoms with Crippen molar-refractivity contribution in [1.82, 2.24) is 0 Å². The van der Waals surface area contributed by atoms with Crippen molar-refractivity contribution in [2.75, 3.05) is 23.9 Å². The lowest BCUT2D eigenvalue weighted by atomic mass is 10.0. The number of hydrogen-bond acceptors (Lipinski definition) is 3. The largest absolute Gasteiger partial charge is 0.484 e. The van der Waals surface area contributed by atoms with Gasteiger partial charge < -0.3 is 15.0 Å². The molecule has 136 valence electrons. The minimum absolute atomic E-state index is 0.0451. The monoisotopic (exact) mass is 352 g/mol. The number of aryl methyl sites for hydroxylation is 1. The highest BCUT2D eigenvalue weighted by molar-refractivity contribution is 5.97. The van der Waals surface area contributed by atoms with Gasteiger partial charge in [0.1, 0.15) is 5.75 Å². The van der Waals surface area contributed by atoms with E-state index in [1.807, 2.05) is 42.5 Å². The van der Waals surface area contributed by atoms with E-state index in [0.717, 1.165) is 16.9 Å². The number of amides is 2. The van der Waals surface area contributed by atoms with Gasteiger partial charge in [0.25, 0.3) is 5.91 Å². The van der Waals surface area contributed by atoms with Crippen molar-refractivity contribution in [3.05, 3.63) is 53.6 Å². The molecule has 0 bridgehead atoms. The first-order valence-corrected chi connectivity index (χ1v) is 8.86. The third kappa shape index (κ3) is 4.04. The number of rotatable bonds is 5. The molecule has 2 aromatic rings. The van der Waals surface area contributed by atoms with Crippen molar-refractivity contribution < 1.29 is 14.3 Å². The van der Waals surface area contributed by atoms with Crippen LogP contribution in [-0.4, -0.2) is 25.5 Å². The lowest BCUT2D eigenvalue weighted by molar-refractivity contribution is -0.119. The van der Waals surface area contributed by atoms with Crippen LogP contribution in [0.2, 0.25) is 0 Å². The molecule has 1 aliphatic heterocycles. The van der Waals surface area contributed by atoms with Crippen molar-refractivity contribution in [2.24, 2.45) is 0 Å². The van der Waals surface area contributed by atoms with Crippen molar-refractivity contribution >= 4 is 23.2 Å². The zero-order valence-corrected chi connectivity index (χ0v) is 15.4. The molecule has 1 heterocycles. The molecule has 5 nitrogen and oxygen atoms in total. The summed E-state index contributed by atoms with van der Waals surface area (Å²) < 4.78 is 5.55. The van der Waals surface area contributed by atoms with Crippen LogP contribution < -0.4 is 15.0 Å². The standard InChI is InChI=1S/C21H24N2O3/c1-14(2)15-4-8-18(9-5-15)26-13-20(24)22-17-7-10-19-16(12-17)6-11-21(25)23(19)3/h4-5,7-10,12,14H,6,11,13H2,1-3H3,(H,22,24). The number of carbonyl (C=O) groups is 2. The van der Waals surface area contributed by atoms with Gasteiger partial charge in [-0.1, -0.05) is 26.0 Å². The van der Waals surface area contributed by atoms with E-state index in [1.54, 1.807) is 11.9 Å². The molecular weight excluding hydrogens is 328 g/mol. The summed E-state index contributed by atoms with van der Waals surface area (Å²) in [4.78, 5) is 25.5. The second-order valence-corrected chi connectivity index (χ2v) is 6.86. The Morgan fingerprint density at radius 1 is 1.15 bits per heavy atom. The topological polar surface area (TPSA) is 58.6 Å². The van der Waals surface area contributed by atoms with Gasteiger partial charge in [-0.2, -0.15) is 0 Å². The zero-order chi connectivity index (χ0) is 18.7. The Hall–Kier alpha value is -2.82. The summed E-state index contributed by atoms with van der Waals surface area (Å²) in [6, 6.07) is 13.4. The van der Waals surface area contributed by atoms with Crippen LogP contribution in [0.5, 0.6) is 5.75 Å². The number of ether oxygens (including phenoxy) is 1. The van der Waals surface area contributed by atoms with E-state index >= 15 is 0 Å². The van der Waals surface area contributed by atoms with Crippen LogP contribution in [0.25, 0.3) is 0 Å². The van der Waals surface area contributed by atoms with E-state index in [1.165, 1.54) is 5.56 Å². The second kappa shape index (κ2) is 7.60. The second-order valence-electron chi connectivity index (χ2n) is 6.86. The maximum absolute atomic E-state index is 12.1. The smallest absolute Gasteiger partial charge is 0.262 e. The number of fused-ring (bicyclic) bond motifs is 1. The number of benzene rings is 2. The molecule has 0 radical (unpaired) electrons. The molecule has 2 aromatic carbocycles. The van der Waals surface area contributed by atoms with Gasteiger partial charge in [0.05, 0.1) is 0 Å². The van der Waals surface area contributed by atoms with E-state index in [-0.39, 0.29) is 18.4 Å². The maximum Gasteiger partial charge on any atom is 0.262 e. The number of nitrogens with zero attached hydrogens (tertiary/aromatic N) is 1. The maximum atomic E-state index is 12.1. The predicted octanol–water partition coefficient (Wildman–Crippen LogP) is 3.74. The van der Waals surface area contributed by atoms with Crippen LogP contribution in [0.1, 0.15) is 37.3 Å². The highest BCUT2D eigenvalue weighted by Crippen LogP contribution is 2.29. The van der Waals surface area contributed by atoms with Crippen LogP contribution in [0.4, 0.5) is 11.4 Å². The Morgan fingerprint density at radius 3 is 2.58 bits per heavy atom. The highest BCUT2D eigenvalue weighted by Gasteiger charge is 2.21. The molecule has 0 spiro atoms. The highest BCUT2D eigenvalue weighted by atomic mass is 16.5. The van der Waals surface area contributed by atoms with Crippen LogP contribution >= 0.6 is 0 Å². The first-order valence-electron chi connectivity index (χ1n) is 8.86. The Morgan fingerprint density at radius 2 is 1.88 bits per heavy atom. The summed E-state index contributed by atoms with van der Waals surface area (Å²) in [5.41, 5.74) is 3.92. The Balaban J connectivity index is 1.57. The van der Waals surface area contributed by atoms with Crippen molar-refractivity contribution in [2.45, 2.75) is 32.6 Å². The molecule has 1 aliphatic rings. The summed E-state index contributed by atoms with van der Waals surface area (Å²) in [6.45, 7) is 4.22. The van der Waals surface area contributed by atoms with Gasteiger partial charge >= 0.3 is 0 Å². The Kier molecular flexibility index (Phi) is 5.26. The van der Waals surface area contributed by atoms with Crippen molar-refractivity contribution in [3.63, 3.8) is 0 Å². The van der Waals surface area contributed by atoms with Gasteiger partial charge in [-0.15, -0.1) is 0 Å². The molecule has 0 unspecified atom stereocenters. The quantitative estimate of drug-likeness (QED) is 0.892. The minimum Gasteiger partial charge on any atom is -0.484 e. The molecule has 0 aromatic heterocycles. The fourth-order valence-electron chi connectivity index (χ4n) is 3.03. The zero-order valence-electron chi connectivity index (χ0n) is 15.4. The van der Waals surface area contributed by atoms with Gasteiger partial charge in [0.15, 0.2) is 6.61 Å². The molecular formula is C21H24N2O3. The molecule has 0 saturated carbocycles. The number of nitrogens with one attached hydrogen (secondary N) is 1. The normalized spacial score (nSPS) is 13.5. The average Bonchev–Trinajstić information content (AvgIpc) is 2.63. The summed E-state index contributed by atoms with van der Waals surface area (Å²) in [5.74, 6) is 1.05. The molecule has 2 amide bonds. The Labute approximate surface area is 154 Å². The van der Waals surface area contributed by atoms with Gasteiger partial charge in [0.2, 0.25) is 5.91 Å². The molecule has 1 N–H and O–H groups in total. The van der Waals surface area contributed by atoms with E-state index in [0.29, 0.717) is 24.5 Å². The summed E-state index contributed by atoms with van der Waals surface area (Å²) in [7, 11) is 1.77. The van der Waals surface area contributed by atoms with E-state index in [4.69, 9.17) is 4.74 Å². The lowest BCUT2D eigenvalue weighted by Crippen LogP contribution is -2.31. The van der Waals surface area contributed by atoms with Crippen molar-refractivity contribution in [3.8, 4) is 5.75 Å². The third-order valence-electron chi connectivity index (χ3n) is 4.62. The fourth-order valence-corrected chi connectivity index (χ4v) is 3.03. The van der Waals surface area contributed by atoms with Crippen LogP contribution in [0.15, 0.2) is 42.5 Å². The van der Waals surface area contributed by atoms with Crippen molar-refractivity contribution in [1.29, 1.82) is 0 Å². The van der Waals surface area contributed by atoms with E-state index in [2.05, 4.69) is 19.2 Å². The summed E-state index contributed by atoms with van der Waals surface area (Å²) >= 11 is 0. The van der Waals surface area contributed by atoms with E-state index < -0.39 is 0 Å². The van der Waals surface area contributed by atoms with Gasteiger partial charge in [-0.3, -0.25) is 9.59 Å². The predicted molar refractivity (Wildman–Crippen MR) is 103 cm³/mol. The number of anilines is 2. The van der Waals surface area contributed by atoms with E-state index in [9.17, 15) is 9.59 Å². The lowest BCUT2D eigenvalue weighted by Gasteiger charge is -2.26. The Bertz CT molecular complexity index is 813. The molecule has 5 heteroatoms. The summed E-state index contributed by atoms with van der Waals surface area (Å²) in [6.07, 6.45) is 1.19. The summed E-state index contributed by atoms with van der Waals surface area (Å²) in [5, 5.41) is 2.85. The SMILES string of the molecule is CC(C)c1ccc(OCC(=O)Nc2ccc3c(c2)CCC(=O)N3C)cc1. The third-order valence-corrected chi connectivity index (χ3v) is 4.62. The molecule has 0 saturated heterocycles. The number of carbonyl (C=O) groups excluding carboxylic acids is 2. The first kappa shape index (κ1) is 18.0. The average molecular weight is 352 g/mol. The van der Waals surface area contributed by atoms with Crippen LogP contribution in [0.3, 0.4) is 0 Å². The van der Waals surface area contributed by atoms with Gasteiger partial charge in [-0.05, 0) is 53.8 Å². The van der Waals surface area contributed by atoms with Crippen LogP contribution in [0, 0.1) is 0 Å². The fraction of sp³-hybridized carbons (Fsp3) is 0.333. The number of hydrogen-bond donors (Lipinski definition) is 1. The molecule has 26 heavy (non-hydrogen) atoms. The molecule has 0 aliphatic carbocycles.